The van der Waals surface area contributed by atoms with Crippen molar-refractivity contribution in [3.63, 3.8) is 0 Å². The third-order valence-electron chi connectivity index (χ3n) is 1.65. The molecular weight excluding hydrogens is 186 g/mol. The quantitative estimate of drug-likeness (QED) is 0.539. The molecule has 0 aliphatic carbocycles. The topological polar surface area (TPSA) is 95.7 Å². The number of amides is 2. The lowest BCUT2D eigenvalue weighted by Gasteiger charge is -2.16. The van der Waals surface area contributed by atoms with E-state index in [0.29, 0.717) is 26.1 Å². The summed E-state index contributed by atoms with van der Waals surface area (Å²) in [5.74, 6) is -0.847. The molecule has 0 aliphatic rings. The van der Waals surface area contributed by atoms with Gasteiger partial charge in [-0.05, 0) is 6.42 Å². The minimum absolute atomic E-state index is 0.0779. The molecule has 0 atom stereocenters. The first-order valence-corrected chi connectivity index (χ1v) is 4.48. The highest BCUT2D eigenvalue weighted by Crippen LogP contribution is 1.93. The molecule has 0 aliphatic heterocycles. The van der Waals surface area contributed by atoms with Crippen LogP contribution in [0.3, 0.4) is 0 Å². The molecule has 6 nitrogen and oxygen atoms in total. The second-order valence-corrected chi connectivity index (χ2v) is 2.94. The molecule has 0 bridgehead atoms. The van der Waals surface area contributed by atoms with Crippen molar-refractivity contribution in [3.05, 3.63) is 0 Å². The Bertz CT molecular complexity index is 196. The lowest BCUT2D eigenvalue weighted by atomic mass is 10.3. The minimum Gasteiger partial charge on any atom is -0.481 e. The number of carbonyl (C=O) groups excluding carboxylic acids is 1. The van der Waals surface area contributed by atoms with Crippen LogP contribution in [0.15, 0.2) is 0 Å². The molecule has 0 fully saturated rings. The van der Waals surface area contributed by atoms with Gasteiger partial charge in [0.2, 0.25) is 0 Å². The van der Waals surface area contributed by atoms with Gasteiger partial charge in [0.1, 0.15) is 0 Å². The standard InChI is InChI=1S/C8H17N3O3/c1-11(6-2-3-7(12)13)8(14)10-5-4-9/h2-6,9H2,1H3,(H,10,14)(H,12,13). The molecule has 0 aromatic carbocycles. The molecule has 0 aromatic rings. The number of carbonyl (C=O) groups is 2. The first-order valence-electron chi connectivity index (χ1n) is 4.48. The summed E-state index contributed by atoms with van der Waals surface area (Å²) in [6, 6.07) is -0.221. The molecule has 4 N–H and O–H groups in total. The van der Waals surface area contributed by atoms with E-state index >= 15 is 0 Å². The van der Waals surface area contributed by atoms with Crippen LogP contribution in [0.25, 0.3) is 0 Å². The van der Waals surface area contributed by atoms with Gasteiger partial charge in [0.05, 0.1) is 0 Å². The number of carboxylic acid groups (broad SMARTS) is 1. The molecule has 0 radical (unpaired) electrons. The average molecular weight is 203 g/mol. The molecule has 82 valence electrons. The maximum Gasteiger partial charge on any atom is 0.317 e. The van der Waals surface area contributed by atoms with E-state index in [2.05, 4.69) is 5.32 Å². The Kier molecular flexibility index (Phi) is 6.47. The Morgan fingerprint density at radius 1 is 1.50 bits per heavy atom. The predicted octanol–water partition coefficient (Wildman–Crippen LogP) is -0.549. The van der Waals surface area contributed by atoms with Crippen molar-refractivity contribution in [2.75, 3.05) is 26.7 Å². The molecule has 14 heavy (non-hydrogen) atoms. The summed E-state index contributed by atoms with van der Waals surface area (Å²) in [5, 5.41) is 11.0. The van der Waals surface area contributed by atoms with Crippen LogP contribution in [0.2, 0.25) is 0 Å². The van der Waals surface area contributed by atoms with Crippen molar-refractivity contribution in [2.24, 2.45) is 5.73 Å². The van der Waals surface area contributed by atoms with Crippen LogP contribution < -0.4 is 11.1 Å². The number of hydrogen-bond acceptors (Lipinski definition) is 3. The van der Waals surface area contributed by atoms with Crippen LogP contribution in [0.5, 0.6) is 0 Å². The van der Waals surface area contributed by atoms with E-state index in [1.165, 1.54) is 4.90 Å². The first kappa shape index (κ1) is 12.7. The van der Waals surface area contributed by atoms with Crippen molar-refractivity contribution in [1.29, 1.82) is 0 Å². The Morgan fingerprint density at radius 2 is 2.14 bits per heavy atom. The monoisotopic (exact) mass is 203 g/mol. The van der Waals surface area contributed by atoms with Gasteiger partial charge < -0.3 is 21.1 Å². The molecule has 0 aromatic heterocycles. The minimum atomic E-state index is -0.847. The summed E-state index contributed by atoms with van der Waals surface area (Å²) < 4.78 is 0. The van der Waals surface area contributed by atoms with Gasteiger partial charge in [-0.15, -0.1) is 0 Å². The van der Waals surface area contributed by atoms with Gasteiger partial charge in [-0.25, -0.2) is 4.79 Å². The third-order valence-corrected chi connectivity index (χ3v) is 1.65. The first-order chi connectivity index (χ1) is 6.57. The molecule has 0 heterocycles. The average Bonchev–Trinajstić information content (AvgIpc) is 2.13. The summed E-state index contributed by atoms with van der Waals surface area (Å²) in [5.41, 5.74) is 5.21. The van der Waals surface area contributed by atoms with E-state index in [0.717, 1.165) is 0 Å². The van der Waals surface area contributed by atoms with E-state index < -0.39 is 5.97 Å². The summed E-state index contributed by atoms with van der Waals surface area (Å²) in [6.07, 6.45) is 0.538. The Balaban J connectivity index is 3.56. The van der Waals surface area contributed by atoms with E-state index in [1.54, 1.807) is 7.05 Å². The maximum atomic E-state index is 11.2. The van der Waals surface area contributed by atoms with Gasteiger partial charge in [-0.3, -0.25) is 4.79 Å². The number of carboxylic acids is 1. The lowest BCUT2D eigenvalue weighted by Crippen LogP contribution is -2.40. The molecular formula is C8H17N3O3. The van der Waals surface area contributed by atoms with Crippen molar-refractivity contribution in [1.82, 2.24) is 10.2 Å². The van der Waals surface area contributed by atoms with E-state index in [9.17, 15) is 9.59 Å². The van der Waals surface area contributed by atoms with Gasteiger partial charge in [0.25, 0.3) is 0 Å². The molecule has 0 unspecified atom stereocenters. The number of rotatable bonds is 6. The molecule has 0 saturated heterocycles. The van der Waals surface area contributed by atoms with Crippen LogP contribution in [0.4, 0.5) is 4.79 Å². The van der Waals surface area contributed by atoms with Crippen molar-refractivity contribution < 1.29 is 14.7 Å². The van der Waals surface area contributed by atoms with Crippen LogP contribution in [0.1, 0.15) is 12.8 Å². The molecule has 2 amide bonds. The fraction of sp³-hybridized carbons (Fsp3) is 0.750. The molecule has 0 rings (SSSR count). The lowest BCUT2D eigenvalue weighted by molar-refractivity contribution is -0.137. The van der Waals surface area contributed by atoms with Gasteiger partial charge in [-0.1, -0.05) is 0 Å². The van der Waals surface area contributed by atoms with Gasteiger partial charge in [-0.2, -0.15) is 0 Å². The van der Waals surface area contributed by atoms with Crippen molar-refractivity contribution >= 4 is 12.0 Å². The van der Waals surface area contributed by atoms with Crippen molar-refractivity contribution in [2.45, 2.75) is 12.8 Å². The smallest absolute Gasteiger partial charge is 0.317 e. The zero-order valence-corrected chi connectivity index (χ0v) is 8.32. The van der Waals surface area contributed by atoms with Crippen LogP contribution in [-0.4, -0.2) is 48.7 Å². The molecule has 6 heteroatoms. The van der Waals surface area contributed by atoms with Crippen LogP contribution in [0, 0.1) is 0 Å². The number of urea groups is 1. The fourth-order valence-corrected chi connectivity index (χ4v) is 0.883. The number of hydrogen-bond donors (Lipinski definition) is 3. The maximum absolute atomic E-state index is 11.2. The van der Waals surface area contributed by atoms with Crippen LogP contribution >= 0.6 is 0 Å². The highest BCUT2D eigenvalue weighted by Gasteiger charge is 2.07. The Hall–Kier alpha value is -1.30. The zero-order valence-electron chi connectivity index (χ0n) is 8.32. The predicted molar refractivity (Wildman–Crippen MR) is 52.0 cm³/mol. The number of nitrogens with one attached hydrogen (secondary N) is 1. The normalized spacial score (nSPS) is 9.57. The summed E-state index contributed by atoms with van der Waals surface area (Å²) in [6.45, 7) is 1.26. The number of nitrogens with two attached hydrogens (primary N) is 1. The Morgan fingerprint density at radius 3 is 2.64 bits per heavy atom. The highest BCUT2D eigenvalue weighted by molar-refractivity contribution is 5.73. The zero-order chi connectivity index (χ0) is 11.0. The van der Waals surface area contributed by atoms with Gasteiger partial charge in [0, 0.05) is 33.1 Å². The van der Waals surface area contributed by atoms with Crippen LogP contribution in [-0.2, 0) is 4.79 Å². The summed E-state index contributed by atoms with van der Waals surface area (Å²) >= 11 is 0. The third kappa shape index (κ3) is 6.24. The Labute approximate surface area is 83.1 Å². The van der Waals surface area contributed by atoms with Gasteiger partial charge in [0.15, 0.2) is 0 Å². The largest absolute Gasteiger partial charge is 0.481 e. The second kappa shape index (κ2) is 7.14. The highest BCUT2D eigenvalue weighted by atomic mass is 16.4. The van der Waals surface area contributed by atoms with Gasteiger partial charge >= 0.3 is 12.0 Å². The van der Waals surface area contributed by atoms with E-state index in [4.69, 9.17) is 10.8 Å². The number of nitrogens with zero attached hydrogens (tertiary/aromatic N) is 1. The second-order valence-electron chi connectivity index (χ2n) is 2.94. The summed E-state index contributed by atoms with van der Waals surface area (Å²) in [4.78, 5) is 22.8. The number of aliphatic carboxylic acids is 1. The van der Waals surface area contributed by atoms with Crippen molar-refractivity contribution in [3.8, 4) is 0 Å². The SMILES string of the molecule is CN(CCCC(=O)O)C(=O)NCCN. The molecule has 0 spiro atoms. The fourth-order valence-electron chi connectivity index (χ4n) is 0.883. The molecule has 0 saturated carbocycles. The van der Waals surface area contributed by atoms with E-state index in [1.807, 2.05) is 0 Å². The van der Waals surface area contributed by atoms with E-state index in [-0.39, 0.29) is 12.5 Å². The summed E-state index contributed by atoms with van der Waals surface area (Å²) in [7, 11) is 1.62.